The predicted octanol–water partition coefficient (Wildman–Crippen LogP) is 1.23. The van der Waals surface area contributed by atoms with Crippen molar-refractivity contribution in [1.82, 2.24) is 9.78 Å². The predicted molar refractivity (Wildman–Crippen MR) is 66.7 cm³/mol. The molecule has 1 aliphatic heterocycles. The lowest BCUT2D eigenvalue weighted by Crippen LogP contribution is -2.38. The first-order valence-electron chi connectivity index (χ1n) is 5.87. The molecule has 1 aliphatic rings. The molecule has 1 unspecified atom stereocenters. The molecule has 1 aromatic heterocycles. The summed E-state index contributed by atoms with van der Waals surface area (Å²) in [5, 5.41) is 12.4. The summed E-state index contributed by atoms with van der Waals surface area (Å²) in [6.07, 6.45) is -3.39. The van der Waals surface area contributed by atoms with E-state index in [1.54, 1.807) is 4.90 Å². The van der Waals surface area contributed by atoms with Crippen molar-refractivity contribution in [2.45, 2.75) is 25.2 Å². The van der Waals surface area contributed by atoms with Gasteiger partial charge in [0.15, 0.2) is 6.10 Å². The van der Waals surface area contributed by atoms with Gasteiger partial charge in [0.2, 0.25) is 0 Å². The molecule has 2 rings (SSSR count). The van der Waals surface area contributed by atoms with Crippen LogP contribution in [-0.4, -0.2) is 40.3 Å². The number of hydrogen-bond acceptors (Lipinski definition) is 4. The molecule has 5 nitrogen and oxygen atoms in total. The Labute approximate surface area is 117 Å². The van der Waals surface area contributed by atoms with Gasteiger partial charge in [-0.25, -0.2) is 4.68 Å². The van der Waals surface area contributed by atoms with Crippen LogP contribution in [0.5, 0.6) is 0 Å². The second-order valence-electron chi connectivity index (χ2n) is 4.41. The normalized spacial score (nSPS) is 17.6. The average molecular weight is 311 g/mol. The number of rotatable bonds is 3. The van der Waals surface area contributed by atoms with E-state index in [0.29, 0.717) is 23.5 Å². The monoisotopic (exact) mass is 310 g/mol. The molecule has 0 amide bonds. The number of alkyl halides is 3. The third-order valence-corrected chi connectivity index (χ3v) is 3.34. The third kappa shape index (κ3) is 3.06. The first-order valence-corrected chi connectivity index (χ1v) is 6.25. The minimum atomic E-state index is -4.81. The van der Waals surface area contributed by atoms with Gasteiger partial charge < -0.3 is 10.0 Å². The Kier molecular flexibility index (Phi) is 4.24. The number of anilines is 1. The molecule has 1 fully saturated rings. The van der Waals surface area contributed by atoms with Gasteiger partial charge in [-0.05, 0) is 12.8 Å². The van der Waals surface area contributed by atoms with Gasteiger partial charge in [-0.2, -0.15) is 18.3 Å². The Morgan fingerprint density at radius 1 is 1.50 bits per heavy atom. The van der Waals surface area contributed by atoms with E-state index in [-0.39, 0.29) is 5.02 Å². The standard InChI is InChI=1S/C11H12ClF3N3O2/c12-9-7(17-3-1-2-4-17)5-16-18(10(9)20)6-8(19)11(13,14)15/h1,5,8,19H,2-4,6H2. The summed E-state index contributed by atoms with van der Waals surface area (Å²) in [7, 11) is 0. The van der Waals surface area contributed by atoms with Gasteiger partial charge in [0.25, 0.3) is 5.56 Å². The van der Waals surface area contributed by atoms with Crippen LogP contribution in [0.1, 0.15) is 6.42 Å². The summed E-state index contributed by atoms with van der Waals surface area (Å²) in [5.74, 6) is 0. The van der Waals surface area contributed by atoms with Crippen molar-refractivity contribution < 1.29 is 18.3 Å². The summed E-state index contributed by atoms with van der Waals surface area (Å²) >= 11 is 5.88. The van der Waals surface area contributed by atoms with E-state index in [0.717, 1.165) is 6.42 Å². The first kappa shape index (κ1) is 15.1. The fourth-order valence-corrected chi connectivity index (χ4v) is 2.14. The van der Waals surface area contributed by atoms with Crippen LogP contribution in [0.2, 0.25) is 5.02 Å². The molecule has 111 valence electrons. The molecule has 1 aromatic rings. The zero-order chi connectivity index (χ0) is 14.9. The van der Waals surface area contributed by atoms with E-state index in [1.165, 1.54) is 6.20 Å². The molecule has 0 spiro atoms. The molecular formula is C11H12ClF3N3O2. The Morgan fingerprint density at radius 3 is 2.75 bits per heavy atom. The van der Waals surface area contributed by atoms with Crippen molar-refractivity contribution in [2.24, 2.45) is 0 Å². The van der Waals surface area contributed by atoms with Crippen LogP contribution in [0.3, 0.4) is 0 Å². The van der Waals surface area contributed by atoms with Crippen molar-refractivity contribution in [3.63, 3.8) is 0 Å². The van der Waals surface area contributed by atoms with Crippen LogP contribution < -0.4 is 10.5 Å². The molecule has 0 aromatic carbocycles. The first-order chi connectivity index (χ1) is 9.30. The number of halogens is 4. The van der Waals surface area contributed by atoms with Crippen molar-refractivity contribution in [3.05, 3.63) is 28.0 Å². The summed E-state index contributed by atoms with van der Waals surface area (Å²) in [6, 6.07) is 0. The zero-order valence-corrected chi connectivity index (χ0v) is 11.0. The van der Waals surface area contributed by atoms with E-state index in [9.17, 15) is 18.0 Å². The highest BCUT2D eigenvalue weighted by molar-refractivity contribution is 6.33. The number of aromatic nitrogens is 2. The lowest BCUT2D eigenvalue weighted by atomic mass is 10.3. The van der Waals surface area contributed by atoms with Crippen molar-refractivity contribution in [1.29, 1.82) is 0 Å². The minimum Gasteiger partial charge on any atom is -0.382 e. The van der Waals surface area contributed by atoms with Crippen molar-refractivity contribution >= 4 is 17.3 Å². The van der Waals surface area contributed by atoms with E-state index in [1.807, 2.05) is 6.42 Å². The molecule has 0 aliphatic carbocycles. The average Bonchev–Trinajstić information content (AvgIpc) is 2.87. The number of aliphatic hydroxyl groups is 1. The third-order valence-electron chi connectivity index (χ3n) is 2.98. The highest BCUT2D eigenvalue weighted by atomic mass is 35.5. The fraction of sp³-hybridized carbons (Fsp3) is 0.545. The van der Waals surface area contributed by atoms with E-state index >= 15 is 0 Å². The molecule has 0 saturated carbocycles. The van der Waals surface area contributed by atoms with Gasteiger partial charge >= 0.3 is 6.18 Å². The SMILES string of the molecule is O=c1c(Cl)c(N2C[CH]CC2)cnn1CC(O)C(F)(F)F. The Balaban J connectivity index is 2.25. The molecule has 1 radical (unpaired) electrons. The second-order valence-corrected chi connectivity index (χ2v) is 4.79. The van der Waals surface area contributed by atoms with Gasteiger partial charge in [0.05, 0.1) is 18.4 Å². The van der Waals surface area contributed by atoms with Gasteiger partial charge in [0, 0.05) is 13.1 Å². The Hall–Kier alpha value is -1.28. The Bertz CT molecular complexity index is 541. The van der Waals surface area contributed by atoms with Gasteiger partial charge in [-0.3, -0.25) is 4.79 Å². The maximum atomic E-state index is 12.3. The number of hydrogen-bond donors (Lipinski definition) is 1. The summed E-state index contributed by atoms with van der Waals surface area (Å²) < 4.78 is 37.3. The van der Waals surface area contributed by atoms with Gasteiger partial charge in [-0.15, -0.1) is 0 Å². The minimum absolute atomic E-state index is 0.190. The Morgan fingerprint density at radius 2 is 2.20 bits per heavy atom. The van der Waals surface area contributed by atoms with Crippen molar-refractivity contribution in [2.75, 3.05) is 18.0 Å². The smallest absolute Gasteiger partial charge is 0.382 e. The maximum absolute atomic E-state index is 12.3. The molecule has 1 N–H and O–H groups in total. The highest BCUT2D eigenvalue weighted by Crippen LogP contribution is 2.25. The summed E-state index contributed by atoms with van der Waals surface area (Å²) in [4.78, 5) is 13.7. The van der Waals surface area contributed by atoms with E-state index in [2.05, 4.69) is 5.10 Å². The van der Waals surface area contributed by atoms with Crippen molar-refractivity contribution in [3.8, 4) is 0 Å². The van der Waals surface area contributed by atoms with E-state index in [4.69, 9.17) is 16.7 Å². The fourth-order valence-electron chi connectivity index (χ4n) is 1.88. The largest absolute Gasteiger partial charge is 0.416 e. The number of nitrogens with zero attached hydrogens (tertiary/aromatic N) is 3. The molecule has 2 heterocycles. The zero-order valence-electron chi connectivity index (χ0n) is 10.3. The molecule has 0 bridgehead atoms. The topological polar surface area (TPSA) is 58.4 Å². The highest BCUT2D eigenvalue weighted by Gasteiger charge is 2.39. The van der Waals surface area contributed by atoms with Gasteiger partial charge in [-0.1, -0.05) is 11.6 Å². The number of aliphatic hydroxyl groups excluding tert-OH is 1. The molecule has 20 heavy (non-hydrogen) atoms. The summed E-state index contributed by atoms with van der Waals surface area (Å²) in [5.41, 5.74) is -0.456. The molecule has 1 atom stereocenters. The lowest BCUT2D eigenvalue weighted by molar-refractivity contribution is -0.208. The van der Waals surface area contributed by atoms with Gasteiger partial charge in [0.1, 0.15) is 5.02 Å². The second kappa shape index (κ2) is 5.61. The van der Waals surface area contributed by atoms with Crippen LogP contribution in [0.4, 0.5) is 18.9 Å². The molecule has 1 saturated heterocycles. The van der Waals surface area contributed by atoms with Crippen LogP contribution in [0.25, 0.3) is 0 Å². The van der Waals surface area contributed by atoms with Crippen LogP contribution in [0, 0.1) is 6.42 Å². The van der Waals surface area contributed by atoms with E-state index < -0.39 is 24.4 Å². The maximum Gasteiger partial charge on any atom is 0.416 e. The summed E-state index contributed by atoms with van der Waals surface area (Å²) in [6.45, 7) is 0.306. The van der Waals surface area contributed by atoms with Crippen LogP contribution >= 0.6 is 11.6 Å². The van der Waals surface area contributed by atoms with Crippen LogP contribution in [-0.2, 0) is 6.54 Å². The quantitative estimate of drug-likeness (QED) is 0.912. The van der Waals surface area contributed by atoms with Crippen LogP contribution in [0.15, 0.2) is 11.0 Å². The molecular weight excluding hydrogens is 299 g/mol. The molecule has 9 heteroatoms. The lowest BCUT2D eigenvalue weighted by Gasteiger charge is -2.20.